The summed E-state index contributed by atoms with van der Waals surface area (Å²) in [7, 11) is 1.97. The Balaban J connectivity index is 1.71. The molecule has 29 heavy (non-hydrogen) atoms. The molecule has 6 heteroatoms. The van der Waals surface area contributed by atoms with E-state index in [1.54, 1.807) is 0 Å². The average molecular weight is 388 g/mol. The van der Waals surface area contributed by atoms with E-state index >= 15 is 0 Å². The van der Waals surface area contributed by atoms with Crippen LogP contribution in [0.3, 0.4) is 0 Å². The minimum absolute atomic E-state index is 0.117. The van der Waals surface area contributed by atoms with Crippen LogP contribution in [0.25, 0.3) is 17.0 Å². The van der Waals surface area contributed by atoms with Crippen molar-refractivity contribution in [3.8, 4) is 0 Å². The lowest BCUT2D eigenvalue weighted by atomic mass is 10.1. The van der Waals surface area contributed by atoms with Gasteiger partial charge in [-0.25, -0.2) is 0 Å². The van der Waals surface area contributed by atoms with E-state index in [9.17, 15) is 9.90 Å². The van der Waals surface area contributed by atoms with Crippen molar-refractivity contribution in [2.45, 2.75) is 13.6 Å². The number of rotatable bonds is 6. The third-order valence-corrected chi connectivity index (χ3v) is 5.06. The molecule has 2 aromatic carbocycles. The molecule has 0 saturated carbocycles. The van der Waals surface area contributed by atoms with Gasteiger partial charge >= 0.3 is 0 Å². The zero-order chi connectivity index (χ0) is 20.4. The van der Waals surface area contributed by atoms with E-state index in [1.165, 1.54) is 5.01 Å². The summed E-state index contributed by atoms with van der Waals surface area (Å²) in [5.41, 5.74) is 4.12. The van der Waals surface area contributed by atoms with Crippen LogP contribution in [0.1, 0.15) is 12.5 Å². The fourth-order valence-electron chi connectivity index (χ4n) is 3.59. The monoisotopic (exact) mass is 388 g/mol. The number of hydrogen-bond acceptors (Lipinski definition) is 4. The van der Waals surface area contributed by atoms with Crippen molar-refractivity contribution in [1.29, 1.82) is 0 Å². The van der Waals surface area contributed by atoms with E-state index < -0.39 is 0 Å². The van der Waals surface area contributed by atoms with E-state index in [1.807, 2.05) is 67.4 Å². The Morgan fingerprint density at radius 3 is 2.59 bits per heavy atom. The second-order valence-corrected chi connectivity index (χ2v) is 7.21. The molecule has 0 aliphatic carbocycles. The van der Waals surface area contributed by atoms with Crippen molar-refractivity contribution in [3.63, 3.8) is 0 Å². The number of aliphatic hydroxyl groups excluding tert-OH is 1. The summed E-state index contributed by atoms with van der Waals surface area (Å²) in [5.74, 6) is -0.122. The molecule has 1 aliphatic rings. The first-order valence-corrected chi connectivity index (χ1v) is 9.62. The molecule has 1 aromatic heterocycles. The summed E-state index contributed by atoms with van der Waals surface area (Å²) in [6, 6.07) is 17.6. The van der Waals surface area contributed by atoms with Gasteiger partial charge in [-0.15, -0.1) is 0 Å². The van der Waals surface area contributed by atoms with Crippen molar-refractivity contribution in [1.82, 2.24) is 9.47 Å². The van der Waals surface area contributed by atoms with Crippen LogP contribution in [0.15, 0.2) is 71.5 Å². The van der Waals surface area contributed by atoms with Gasteiger partial charge in [0.1, 0.15) is 0 Å². The van der Waals surface area contributed by atoms with E-state index in [0.717, 1.165) is 22.2 Å². The molecule has 0 spiro atoms. The zero-order valence-corrected chi connectivity index (χ0v) is 16.6. The molecule has 0 fully saturated rings. The van der Waals surface area contributed by atoms with Crippen molar-refractivity contribution in [2.24, 2.45) is 5.10 Å². The molecule has 0 atom stereocenters. The lowest BCUT2D eigenvalue weighted by Crippen LogP contribution is -2.24. The molecule has 4 rings (SSSR count). The molecule has 1 amide bonds. The van der Waals surface area contributed by atoms with Crippen molar-refractivity contribution >= 4 is 34.3 Å². The van der Waals surface area contributed by atoms with E-state index in [2.05, 4.69) is 28.0 Å². The molecule has 0 unspecified atom stereocenters. The summed E-state index contributed by atoms with van der Waals surface area (Å²) < 4.78 is 2.14. The van der Waals surface area contributed by atoms with Crippen LogP contribution in [-0.4, -0.2) is 46.4 Å². The lowest BCUT2D eigenvalue weighted by molar-refractivity contribution is -0.114. The number of carbonyl (C=O) groups is 1. The Morgan fingerprint density at radius 1 is 1.10 bits per heavy atom. The third-order valence-electron chi connectivity index (χ3n) is 5.06. The van der Waals surface area contributed by atoms with Crippen LogP contribution in [0, 0.1) is 0 Å². The van der Waals surface area contributed by atoms with Gasteiger partial charge in [0.25, 0.3) is 5.91 Å². The highest BCUT2D eigenvalue weighted by molar-refractivity contribution is 6.32. The van der Waals surface area contributed by atoms with Crippen LogP contribution in [-0.2, 0) is 11.5 Å². The molecule has 1 N–H and O–H groups in total. The molecule has 1 aliphatic heterocycles. The normalized spacial score (nSPS) is 15.7. The largest absolute Gasteiger partial charge is 0.395 e. The van der Waals surface area contributed by atoms with Gasteiger partial charge in [-0.2, -0.15) is 10.1 Å². The summed E-state index contributed by atoms with van der Waals surface area (Å²) in [4.78, 5) is 15.1. The predicted octanol–water partition coefficient (Wildman–Crippen LogP) is 3.33. The Bertz CT molecular complexity index is 1100. The number of carbonyl (C=O) groups excluding carboxylic acids is 1. The first kappa shape index (κ1) is 19.1. The number of aliphatic hydroxyl groups is 1. The van der Waals surface area contributed by atoms with Crippen LogP contribution in [0.2, 0.25) is 0 Å². The van der Waals surface area contributed by atoms with Crippen LogP contribution in [0.5, 0.6) is 0 Å². The number of anilines is 1. The van der Waals surface area contributed by atoms with Crippen LogP contribution in [0.4, 0.5) is 5.69 Å². The maximum absolute atomic E-state index is 13.0. The van der Waals surface area contributed by atoms with Gasteiger partial charge < -0.3 is 9.67 Å². The fraction of sp³-hybridized carbons (Fsp3) is 0.217. The molecule has 0 radical (unpaired) electrons. The number of benzene rings is 2. The van der Waals surface area contributed by atoms with Gasteiger partial charge in [0.15, 0.2) is 0 Å². The zero-order valence-electron chi connectivity index (χ0n) is 16.6. The Hall–Kier alpha value is -3.22. The third kappa shape index (κ3) is 3.72. The van der Waals surface area contributed by atoms with E-state index in [4.69, 9.17) is 0 Å². The number of para-hydroxylation sites is 2. The van der Waals surface area contributed by atoms with Crippen LogP contribution < -0.4 is 5.01 Å². The van der Waals surface area contributed by atoms with E-state index in [0.29, 0.717) is 24.5 Å². The molecule has 3 aromatic rings. The average Bonchev–Trinajstić information content (AvgIpc) is 3.21. The number of fused-ring (bicyclic) bond motifs is 1. The van der Waals surface area contributed by atoms with Gasteiger partial charge in [-0.3, -0.25) is 9.69 Å². The Morgan fingerprint density at radius 2 is 1.83 bits per heavy atom. The SMILES string of the molecule is CC1=NN(c2ccccc2)C(=O)C1=Cc1cn(CN(C)CCO)c2ccccc12. The number of nitrogens with zero attached hydrogens (tertiary/aromatic N) is 4. The van der Waals surface area contributed by atoms with Crippen LogP contribution >= 0.6 is 0 Å². The second kappa shape index (κ2) is 8.03. The molecule has 148 valence electrons. The standard InChI is InChI=1S/C23H24N4O2/c1-17-21(23(29)27(24-17)19-8-4-3-5-9-19)14-18-15-26(16-25(2)12-13-28)22-11-7-6-10-20(18)22/h3-11,14-15,28H,12-13,16H2,1-2H3. The summed E-state index contributed by atoms with van der Waals surface area (Å²) in [5, 5.41) is 16.2. The highest BCUT2D eigenvalue weighted by Crippen LogP contribution is 2.28. The highest BCUT2D eigenvalue weighted by Gasteiger charge is 2.28. The molecule has 6 nitrogen and oxygen atoms in total. The minimum Gasteiger partial charge on any atom is -0.395 e. The molecule has 0 saturated heterocycles. The smallest absolute Gasteiger partial charge is 0.280 e. The molecular weight excluding hydrogens is 364 g/mol. The van der Waals surface area contributed by atoms with Gasteiger partial charge in [-0.05, 0) is 38.2 Å². The lowest BCUT2D eigenvalue weighted by Gasteiger charge is -2.16. The summed E-state index contributed by atoms with van der Waals surface area (Å²) in [6.45, 7) is 3.23. The van der Waals surface area contributed by atoms with Crippen molar-refractivity contribution in [3.05, 3.63) is 71.9 Å². The van der Waals surface area contributed by atoms with Gasteiger partial charge in [0.05, 0.1) is 30.2 Å². The van der Waals surface area contributed by atoms with Gasteiger partial charge in [0, 0.05) is 29.2 Å². The maximum Gasteiger partial charge on any atom is 0.280 e. The molecule has 2 heterocycles. The number of aromatic nitrogens is 1. The molecular formula is C23H24N4O2. The fourth-order valence-corrected chi connectivity index (χ4v) is 3.59. The minimum atomic E-state index is -0.122. The van der Waals surface area contributed by atoms with Gasteiger partial charge in [0.2, 0.25) is 0 Å². The van der Waals surface area contributed by atoms with Crippen molar-refractivity contribution in [2.75, 3.05) is 25.2 Å². The number of hydrogen-bond donors (Lipinski definition) is 1. The topological polar surface area (TPSA) is 61.1 Å². The summed E-state index contributed by atoms with van der Waals surface area (Å²) in [6.07, 6.45) is 3.98. The maximum atomic E-state index is 13.0. The second-order valence-electron chi connectivity index (χ2n) is 7.21. The number of amides is 1. The van der Waals surface area contributed by atoms with Gasteiger partial charge in [-0.1, -0.05) is 36.4 Å². The first-order valence-electron chi connectivity index (χ1n) is 9.62. The van der Waals surface area contributed by atoms with E-state index in [-0.39, 0.29) is 12.5 Å². The quantitative estimate of drug-likeness (QED) is 0.659. The predicted molar refractivity (Wildman–Crippen MR) is 117 cm³/mol. The Kier molecular flexibility index (Phi) is 5.29. The number of hydrazone groups is 1. The molecule has 0 bridgehead atoms. The van der Waals surface area contributed by atoms with Crippen molar-refractivity contribution < 1.29 is 9.90 Å². The number of likely N-dealkylation sites (N-methyl/N-ethyl adjacent to an activating group) is 1. The Labute approximate surface area is 170 Å². The highest BCUT2D eigenvalue weighted by atomic mass is 16.3. The summed E-state index contributed by atoms with van der Waals surface area (Å²) >= 11 is 0. The first-order chi connectivity index (χ1) is 14.1.